The van der Waals surface area contributed by atoms with Crippen LogP contribution in [0.4, 0.5) is 0 Å². The normalized spacial score (nSPS) is 13.1. The Labute approximate surface area is 399 Å². The van der Waals surface area contributed by atoms with Gasteiger partial charge in [-0.05, 0) is 109 Å². The number of esters is 3. The molecule has 1 unspecified atom stereocenters. The lowest BCUT2D eigenvalue weighted by Crippen LogP contribution is -2.30. The maximum atomic E-state index is 12.7. The molecule has 0 rings (SSSR count). The maximum absolute atomic E-state index is 12.7. The predicted molar refractivity (Wildman–Crippen MR) is 279 cm³/mol. The van der Waals surface area contributed by atoms with Crippen LogP contribution < -0.4 is 0 Å². The quantitative estimate of drug-likeness (QED) is 0.0262. The highest BCUT2D eigenvalue weighted by Gasteiger charge is 2.19. The van der Waals surface area contributed by atoms with Crippen molar-refractivity contribution >= 4 is 17.9 Å². The summed E-state index contributed by atoms with van der Waals surface area (Å²) in [5.41, 5.74) is 0. The molecule has 1 atom stereocenters. The molecule has 0 heterocycles. The molecule has 0 aliphatic rings. The van der Waals surface area contributed by atoms with E-state index >= 15 is 0 Å². The molecule has 0 aromatic carbocycles. The van der Waals surface area contributed by atoms with Crippen molar-refractivity contribution in [2.24, 2.45) is 0 Å². The summed E-state index contributed by atoms with van der Waals surface area (Å²) in [4.78, 5) is 37.7. The zero-order valence-electron chi connectivity index (χ0n) is 41.7. The Bertz CT molecular complexity index is 1400. The molecule has 0 saturated heterocycles. The minimum absolute atomic E-state index is 0.0965. The fourth-order valence-electron chi connectivity index (χ4n) is 6.61. The predicted octanol–water partition coefficient (Wildman–Crippen LogP) is 17.3. The molecule has 366 valence electrons. The summed E-state index contributed by atoms with van der Waals surface area (Å²) in [5.74, 6) is -0.958. The van der Waals surface area contributed by atoms with E-state index in [0.717, 1.165) is 161 Å². The zero-order chi connectivity index (χ0) is 47.2. The van der Waals surface area contributed by atoms with Crippen molar-refractivity contribution in [1.82, 2.24) is 0 Å². The van der Waals surface area contributed by atoms with Crippen LogP contribution in [0.2, 0.25) is 0 Å². The van der Waals surface area contributed by atoms with Crippen LogP contribution in [0, 0.1) is 0 Å². The van der Waals surface area contributed by atoms with E-state index in [0.29, 0.717) is 19.3 Å². The summed E-state index contributed by atoms with van der Waals surface area (Å²) in [7, 11) is 0. The van der Waals surface area contributed by atoms with Crippen molar-refractivity contribution in [3.05, 3.63) is 122 Å². The largest absolute Gasteiger partial charge is 0.462 e. The summed E-state index contributed by atoms with van der Waals surface area (Å²) in [6.45, 7) is 6.27. The molecule has 0 amide bonds. The highest BCUT2D eigenvalue weighted by Crippen LogP contribution is 2.13. The van der Waals surface area contributed by atoms with Gasteiger partial charge in [0.1, 0.15) is 13.2 Å². The van der Waals surface area contributed by atoms with Gasteiger partial charge in [-0.2, -0.15) is 0 Å². The van der Waals surface area contributed by atoms with E-state index in [1.54, 1.807) is 0 Å². The third-order valence-corrected chi connectivity index (χ3v) is 10.5. The Balaban J connectivity index is 4.27. The summed E-state index contributed by atoms with van der Waals surface area (Å²) in [5, 5.41) is 0. The van der Waals surface area contributed by atoms with Crippen molar-refractivity contribution in [2.45, 2.75) is 219 Å². The second-order valence-electron chi connectivity index (χ2n) is 16.7. The number of rotatable bonds is 45. The molecule has 0 aromatic heterocycles. The standard InChI is InChI=1S/C59H94O6/c1-4-7-10-13-15-17-19-21-23-25-27-28-29-30-32-33-35-37-39-41-43-46-49-52-58(61)64-55-56(54-63-57(60)51-48-45-12-9-6-3)65-59(62)53-50-47-44-42-40-38-36-34-31-26-24-22-20-18-16-14-11-8-5-2/h7-8,10-11,15-18,21-24,27-28,30-32,34-35,37,56H,4-6,9,12-14,19-20,25-26,29,33,36,38-55H2,1-3H3/b10-7-,11-8-,17-15-,18-16-,23-21-,24-22-,28-27-,32-30-,34-31-,37-35-. The first-order valence-corrected chi connectivity index (χ1v) is 26.0. The van der Waals surface area contributed by atoms with Crippen molar-refractivity contribution in [3.8, 4) is 0 Å². The number of allylic oxidation sites excluding steroid dienone is 20. The number of hydrogen-bond acceptors (Lipinski definition) is 6. The molecule has 0 fully saturated rings. The zero-order valence-corrected chi connectivity index (χ0v) is 41.7. The average Bonchev–Trinajstić information content (AvgIpc) is 3.30. The Morgan fingerprint density at radius 1 is 0.323 bits per heavy atom. The first-order chi connectivity index (χ1) is 32.0. The summed E-state index contributed by atoms with van der Waals surface area (Å²) in [6, 6.07) is 0. The first kappa shape index (κ1) is 60.8. The van der Waals surface area contributed by atoms with Crippen LogP contribution >= 0.6 is 0 Å². The lowest BCUT2D eigenvalue weighted by molar-refractivity contribution is -0.167. The number of unbranched alkanes of at least 4 members (excludes halogenated alkanes) is 14. The van der Waals surface area contributed by atoms with Gasteiger partial charge in [0.25, 0.3) is 0 Å². The lowest BCUT2D eigenvalue weighted by Gasteiger charge is -2.18. The monoisotopic (exact) mass is 899 g/mol. The molecule has 6 nitrogen and oxygen atoms in total. The van der Waals surface area contributed by atoms with Crippen LogP contribution in [-0.2, 0) is 28.6 Å². The van der Waals surface area contributed by atoms with E-state index in [1.807, 2.05) is 0 Å². The molecular weight excluding hydrogens is 805 g/mol. The first-order valence-electron chi connectivity index (χ1n) is 26.0. The molecule has 0 N–H and O–H groups in total. The van der Waals surface area contributed by atoms with Gasteiger partial charge in [-0.1, -0.05) is 206 Å². The highest BCUT2D eigenvalue weighted by molar-refractivity contribution is 5.71. The fourth-order valence-corrected chi connectivity index (χ4v) is 6.61. The topological polar surface area (TPSA) is 78.9 Å². The van der Waals surface area contributed by atoms with E-state index in [-0.39, 0.29) is 31.1 Å². The molecule has 0 spiro atoms. The third kappa shape index (κ3) is 50.7. The van der Waals surface area contributed by atoms with Gasteiger partial charge in [0.2, 0.25) is 0 Å². The minimum Gasteiger partial charge on any atom is -0.462 e. The Kier molecular flexibility index (Phi) is 49.1. The summed E-state index contributed by atoms with van der Waals surface area (Å²) < 4.78 is 16.6. The lowest BCUT2D eigenvalue weighted by atomic mass is 10.1. The minimum atomic E-state index is -0.796. The Hall–Kier alpha value is -4.19. The van der Waals surface area contributed by atoms with Gasteiger partial charge in [-0.3, -0.25) is 14.4 Å². The smallest absolute Gasteiger partial charge is 0.306 e. The van der Waals surface area contributed by atoms with E-state index in [1.165, 1.54) is 12.8 Å². The van der Waals surface area contributed by atoms with Crippen LogP contribution in [0.3, 0.4) is 0 Å². The summed E-state index contributed by atoms with van der Waals surface area (Å²) in [6.07, 6.45) is 72.2. The van der Waals surface area contributed by atoms with Gasteiger partial charge in [0.15, 0.2) is 6.10 Å². The fraction of sp³-hybridized carbons (Fsp3) is 0.610. The van der Waals surface area contributed by atoms with E-state index < -0.39 is 6.10 Å². The molecule has 65 heavy (non-hydrogen) atoms. The van der Waals surface area contributed by atoms with Crippen LogP contribution in [-0.4, -0.2) is 37.2 Å². The van der Waals surface area contributed by atoms with Crippen LogP contribution in [0.1, 0.15) is 213 Å². The molecule has 6 heteroatoms. The average molecular weight is 899 g/mol. The van der Waals surface area contributed by atoms with E-state index in [4.69, 9.17) is 14.2 Å². The van der Waals surface area contributed by atoms with Crippen molar-refractivity contribution in [2.75, 3.05) is 13.2 Å². The van der Waals surface area contributed by atoms with Crippen molar-refractivity contribution in [3.63, 3.8) is 0 Å². The van der Waals surface area contributed by atoms with Gasteiger partial charge < -0.3 is 14.2 Å². The van der Waals surface area contributed by atoms with E-state index in [2.05, 4.69) is 142 Å². The van der Waals surface area contributed by atoms with Crippen LogP contribution in [0.5, 0.6) is 0 Å². The molecule has 0 aliphatic heterocycles. The number of carbonyl (C=O) groups excluding carboxylic acids is 3. The van der Waals surface area contributed by atoms with Gasteiger partial charge in [0, 0.05) is 19.3 Å². The second-order valence-corrected chi connectivity index (χ2v) is 16.7. The Morgan fingerprint density at radius 2 is 0.600 bits per heavy atom. The van der Waals surface area contributed by atoms with Crippen molar-refractivity contribution < 1.29 is 28.6 Å². The number of carbonyl (C=O) groups is 3. The summed E-state index contributed by atoms with van der Waals surface area (Å²) >= 11 is 0. The number of ether oxygens (including phenoxy) is 3. The van der Waals surface area contributed by atoms with Crippen LogP contribution in [0.25, 0.3) is 0 Å². The molecule has 0 aromatic rings. The van der Waals surface area contributed by atoms with Gasteiger partial charge in [-0.15, -0.1) is 0 Å². The third-order valence-electron chi connectivity index (χ3n) is 10.5. The second kappa shape index (κ2) is 52.4. The number of hydrogen-bond donors (Lipinski definition) is 0. The highest BCUT2D eigenvalue weighted by atomic mass is 16.6. The van der Waals surface area contributed by atoms with Gasteiger partial charge >= 0.3 is 17.9 Å². The van der Waals surface area contributed by atoms with E-state index in [9.17, 15) is 14.4 Å². The maximum Gasteiger partial charge on any atom is 0.306 e. The molecule has 0 radical (unpaired) electrons. The SMILES string of the molecule is CC/C=C\C/C=C\C/C=C\C/C=C\C/C=C\C/C=C\CCCCCCC(=O)OCC(COC(=O)CCCCCCC)OC(=O)CCCCCCCC/C=C\C/C=C\C/C=C\C/C=C\CC. The molecule has 0 bridgehead atoms. The molecular formula is C59H94O6. The van der Waals surface area contributed by atoms with Crippen molar-refractivity contribution in [1.29, 1.82) is 0 Å². The van der Waals surface area contributed by atoms with Gasteiger partial charge in [0.05, 0.1) is 0 Å². The molecule has 0 saturated carbocycles. The molecule has 0 aliphatic carbocycles. The van der Waals surface area contributed by atoms with Gasteiger partial charge in [-0.25, -0.2) is 0 Å². The Morgan fingerprint density at radius 3 is 0.938 bits per heavy atom. The van der Waals surface area contributed by atoms with Crippen LogP contribution in [0.15, 0.2) is 122 Å².